The maximum atomic E-state index is 9.61. The molecule has 0 aliphatic heterocycles. The highest BCUT2D eigenvalue weighted by molar-refractivity contribution is 5.85. The zero-order chi connectivity index (χ0) is 13.0. The average Bonchev–Trinajstić information content (AvgIpc) is 2.54. The van der Waals surface area contributed by atoms with Crippen molar-refractivity contribution >= 4 is 12.4 Å². The molecule has 0 aromatic carbocycles. The third kappa shape index (κ3) is 4.66. The maximum absolute atomic E-state index is 9.61. The molecule has 19 heavy (non-hydrogen) atoms. The molecule has 0 radical (unpaired) electrons. The maximum Gasteiger partial charge on any atom is 0.134 e. The Hall–Kier alpha value is -0.800. The standard InChI is InChI=1S/C15H24N2O.ClH/c1-17(2)11-12-6-4-3-5-7-15(12)13-8-14(18)10-16-9-13;/h8-10,12,15,18H,3-7,11H2,1-2H3;1H. The molecule has 2 rings (SSSR count). The molecule has 0 amide bonds. The second kappa shape index (κ2) is 7.71. The van der Waals surface area contributed by atoms with Crippen molar-refractivity contribution in [2.75, 3.05) is 20.6 Å². The quantitative estimate of drug-likeness (QED) is 0.864. The van der Waals surface area contributed by atoms with Crippen LogP contribution < -0.4 is 0 Å². The van der Waals surface area contributed by atoms with Gasteiger partial charge in [0.15, 0.2) is 0 Å². The number of rotatable bonds is 3. The molecule has 1 aliphatic rings. The monoisotopic (exact) mass is 284 g/mol. The lowest BCUT2D eigenvalue weighted by atomic mass is 9.83. The van der Waals surface area contributed by atoms with Gasteiger partial charge in [0.25, 0.3) is 0 Å². The van der Waals surface area contributed by atoms with Crippen molar-refractivity contribution in [2.24, 2.45) is 5.92 Å². The van der Waals surface area contributed by atoms with Crippen LogP contribution in [0.3, 0.4) is 0 Å². The molecule has 1 aromatic heterocycles. The van der Waals surface area contributed by atoms with Crippen molar-refractivity contribution in [1.82, 2.24) is 9.88 Å². The molecule has 1 aromatic rings. The first-order valence-electron chi connectivity index (χ1n) is 6.95. The number of pyridine rings is 1. The van der Waals surface area contributed by atoms with E-state index in [1.807, 2.05) is 12.3 Å². The van der Waals surface area contributed by atoms with Crippen molar-refractivity contribution in [1.29, 1.82) is 0 Å². The Morgan fingerprint density at radius 1 is 1.21 bits per heavy atom. The largest absolute Gasteiger partial charge is 0.506 e. The molecule has 1 heterocycles. The highest BCUT2D eigenvalue weighted by Crippen LogP contribution is 2.37. The van der Waals surface area contributed by atoms with Crippen molar-refractivity contribution in [3.63, 3.8) is 0 Å². The lowest BCUT2D eigenvalue weighted by Gasteiger charge is -2.28. The molecule has 4 heteroatoms. The van der Waals surface area contributed by atoms with Crippen LogP contribution in [-0.2, 0) is 0 Å². The van der Waals surface area contributed by atoms with E-state index >= 15 is 0 Å². The first-order valence-corrected chi connectivity index (χ1v) is 6.95. The van der Waals surface area contributed by atoms with Crippen LogP contribution in [0.15, 0.2) is 18.5 Å². The number of hydrogen-bond donors (Lipinski definition) is 1. The highest BCUT2D eigenvalue weighted by atomic mass is 35.5. The molecule has 1 fully saturated rings. The van der Waals surface area contributed by atoms with E-state index in [0.29, 0.717) is 17.6 Å². The van der Waals surface area contributed by atoms with Gasteiger partial charge in [-0.2, -0.15) is 0 Å². The predicted octanol–water partition coefficient (Wildman–Crippen LogP) is 3.43. The average molecular weight is 285 g/mol. The highest BCUT2D eigenvalue weighted by Gasteiger charge is 2.26. The molecule has 2 unspecified atom stereocenters. The Morgan fingerprint density at radius 3 is 2.63 bits per heavy atom. The van der Waals surface area contributed by atoms with E-state index in [9.17, 15) is 5.11 Å². The fraction of sp³-hybridized carbons (Fsp3) is 0.667. The van der Waals surface area contributed by atoms with Crippen LogP contribution in [0.5, 0.6) is 5.75 Å². The molecule has 3 nitrogen and oxygen atoms in total. The minimum Gasteiger partial charge on any atom is -0.506 e. The van der Waals surface area contributed by atoms with Gasteiger partial charge in [-0.15, -0.1) is 12.4 Å². The van der Waals surface area contributed by atoms with Gasteiger partial charge in [-0.05, 0) is 50.4 Å². The molecular weight excluding hydrogens is 260 g/mol. The first-order chi connectivity index (χ1) is 8.66. The molecule has 108 valence electrons. The number of nitrogens with zero attached hydrogens (tertiary/aromatic N) is 2. The van der Waals surface area contributed by atoms with E-state index in [2.05, 4.69) is 24.0 Å². The van der Waals surface area contributed by atoms with Gasteiger partial charge >= 0.3 is 0 Å². The Labute approximate surface area is 122 Å². The van der Waals surface area contributed by atoms with Gasteiger partial charge in [-0.1, -0.05) is 19.3 Å². The van der Waals surface area contributed by atoms with Gasteiger partial charge in [0, 0.05) is 12.7 Å². The summed E-state index contributed by atoms with van der Waals surface area (Å²) in [6.07, 6.45) is 9.93. The van der Waals surface area contributed by atoms with Gasteiger partial charge in [0.1, 0.15) is 5.75 Å². The van der Waals surface area contributed by atoms with Crippen molar-refractivity contribution in [3.05, 3.63) is 24.0 Å². The zero-order valence-corrected chi connectivity index (χ0v) is 12.7. The number of aromatic hydroxyl groups is 1. The Balaban J connectivity index is 0.00000180. The Kier molecular flexibility index (Phi) is 6.59. The molecule has 2 atom stereocenters. The molecule has 0 bridgehead atoms. The second-order valence-electron chi connectivity index (χ2n) is 5.74. The molecule has 0 saturated heterocycles. The van der Waals surface area contributed by atoms with Gasteiger partial charge in [-0.25, -0.2) is 0 Å². The van der Waals surface area contributed by atoms with Crippen LogP contribution >= 0.6 is 12.4 Å². The van der Waals surface area contributed by atoms with Crippen LogP contribution in [0.4, 0.5) is 0 Å². The first kappa shape index (κ1) is 16.3. The van der Waals surface area contributed by atoms with Crippen LogP contribution in [0.25, 0.3) is 0 Å². The second-order valence-corrected chi connectivity index (χ2v) is 5.74. The summed E-state index contributed by atoms with van der Waals surface area (Å²) in [6.45, 7) is 1.13. The van der Waals surface area contributed by atoms with Gasteiger partial charge in [-0.3, -0.25) is 4.98 Å². The zero-order valence-electron chi connectivity index (χ0n) is 11.9. The lowest BCUT2D eigenvalue weighted by Crippen LogP contribution is -2.26. The van der Waals surface area contributed by atoms with Gasteiger partial charge in [0.2, 0.25) is 0 Å². The van der Waals surface area contributed by atoms with E-state index in [1.54, 1.807) is 0 Å². The van der Waals surface area contributed by atoms with E-state index in [4.69, 9.17) is 0 Å². The summed E-state index contributed by atoms with van der Waals surface area (Å²) >= 11 is 0. The van der Waals surface area contributed by atoms with Gasteiger partial charge < -0.3 is 10.0 Å². The normalized spacial score (nSPS) is 23.7. The van der Waals surface area contributed by atoms with Crippen molar-refractivity contribution < 1.29 is 5.11 Å². The number of aromatic nitrogens is 1. The smallest absolute Gasteiger partial charge is 0.134 e. The summed E-state index contributed by atoms with van der Waals surface area (Å²) in [5.74, 6) is 1.53. The van der Waals surface area contributed by atoms with Crippen LogP contribution in [-0.4, -0.2) is 35.6 Å². The number of hydrogen-bond acceptors (Lipinski definition) is 3. The molecule has 1 aliphatic carbocycles. The Bertz CT molecular complexity index is 384. The topological polar surface area (TPSA) is 36.4 Å². The fourth-order valence-electron chi connectivity index (χ4n) is 3.16. The van der Waals surface area contributed by atoms with E-state index < -0.39 is 0 Å². The SMILES string of the molecule is CN(C)CC1CCCCCC1c1cncc(O)c1.Cl. The number of halogens is 1. The summed E-state index contributed by atoms with van der Waals surface area (Å²) in [5.41, 5.74) is 1.21. The fourth-order valence-corrected chi connectivity index (χ4v) is 3.16. The minimum absolute atomic E-state index is 0. The van der Waals surface area contributed by atoms with Crippen molar-refractivity contribution in [2.45, 2.75) is 38.0 Å². The van der Waals surface area contributed by atoms with Gasteiger partial charge in [0.05, 0.1) is 6.20 Å². The summed E-state index contributed by atoms with van der Waals surface area (Å²) in [7, 11) is 4.28. The van der Waals surface area contributed by atoms with E-state index in [1.165, 1.54) is 43.9 Å². The summed E-state index contributed by atoms with van der Waals surface area (Å²) in [5, 5.41) is 9.61. The minimum atomic E-state index is 0. The predicted molar refractivity (Wildman–Crippen MR) is 81.0 cm³/mol. The molecule has 1 saturated carbocycles. The van der Waals surface area contributed by atoms with Crippen LogP contribution in [0.2, 0.25) is 0 Å². The summed E-state index contributed by atoms with van der Waals surface area (Å²) in [6, 6.07) is 1.89. The lowest BCUT2D eigenvalue weighted by molar-refractivity contribution is 0.276. The van der Waals surface area contributed by atoms with Crippen LogP contribution in [0, 0.1) is 5.92 Å². The van der Waals surface area contributed by atoms with Crippen molar-refractivity contribution in [3.8, 4) is 5.75 Å². The van der Waals surface area contributed by atoms with Crippen LogP contribution in [0.1, 0.15) is 43.6 Å². The molecule has 1 N–H and O–H groups in total. The van der Waals surface area contributed by atoms with E-state index in [0.717, 1.165) is 6.54 Å². The Morgan fingerprint density at radius 2 is 1.95 bits per heavy atom. The molecular formula is C15H25ClN2O. The molecule has 0 spiro atoms. The van der Waals surface area contributed by atoms with E-state index in [-0.39, 0.29) is 12.4 Å². The third-order valence-electron chi connectivity index (χ3n) is 3.93. The summed E-state index contributed by atoms with van der Waals surface area (Å²) in [4.78, 5) is 6.42. The third-order valence-corrected chi connectivity index (χ3v) is 3.93. The summed E-state index contributed by atoms with van der Waals surface area (Å²) < 4.78 is 0.